The molecule has 0 amide bonds. The van der Waals surface area contributed by atoms with Crippen molar-refractivity contribution >= 4 is 0 Å². The third-order valence-corrected chi connectivity index (χ3v) is 3.47. The average Bonchev–Trinajstić information content (AvgIpc) is 2.29. The molecule has 1 heterocycles. The lowest BCUT2D eigenvalue weighted by molar-refractivity contribution is 0.0324. The van der Waals surface area contributed by atoms with Crippen molar-refractivity contribution in [2.24, 2.45) is 0 Å². The molecule has 0 radical (unpaired) electrons. The standard InChI is InChI=1S/C13H28N2O/c1-5-7-13-9-15(11(3)8-14-13)12(4)10-16-6-2/h11-14H,5-10H2,1-4H3. The maximum atomic E-state index is 5.53. The fourth-order valence-electron chi connectivity index (χ4n) is 2.49. The first-order valence-corrected chi connectivity index (χ1v) is 6.75. The third-order valence-electron chi connectivity index (χ3n) is 3.47. The quantitative estimate of drug-likeness (QED) is 0.751. The molecule has 0 aromatic heterocycles. The molecule has 16 heavy (non-hydrogen) atoms. The Bertz CT molecular complexity index is 187. The lowest BCUT2D eigenvalue weighted by Crippen LogP contribution is -2.58. The Morgan fingerprint density at radius 2 is 2.19 bits per heavy atom. The Morgan fingerprint density at radius 3 is 2.81 bits per heavy atom. The van der Waals surface area contributed by atoms with Crippen molar-refractivity contribution in [1.82, 2.24) is 10.2 Å². The van der Waals surface area contributed by atoms with Crippen LogP contribution in [-0.4, -0.2) is 49.3 Å². The van der Waals surface area contributed by atoms with Gasteiger partial charge in [0.1, 0.15) is 0 Å². The molecule has 1 rings (SSSR count). The Kier molecular flexibility index (Phi) is 6.32. The minimum absolute atomic E-state index is 0.538. The first-order chi connectivity index (χ1) is 7.69. The van der Waals surface area contributed by atoms with Crippen molar-refractivity contribution in [2.75, 3.05) is 26.3 Å². The van der Waals surface area contributed by atoms with E-state index >= 15 is 0 Å². The highest BCUT2D eigenvalue weighted by molar-refractivity contribution is 4.86. The number of nitrogens with one attached hydrogen (secondary N) is 1. The second-order valence-corrected chi connectivity index (χ2v) is 4.95. The summed E-state index contributed by atoms with van der Waals surface area (Å²) in [5, 5.41) is 3.63. The molecule has 1 fully saturated rings. The lowest BCUT2D eigenvalue weighted by Gasteiger charge is -2.42. The number of nitrogens with zero attached hydrogens (tertiary/aromatic N) is 1. The SMILES string of the molecule is CCCC1CN(C(C)COCC)C(C)CN1. The van der Waals surface area contributed by atoms with Crippen LogP contribution in [0, 0.1) is 0 Å². The van der Waals surface area contributed by atoms with Crippen LogP contribution in [0.15, 0.2) is 0 Å². The van der Waals surface area contributed by atoms with E-state index < -0.39 is 0 Å². The molecule has 96 valence electrons. The van der Waals surface area contributed by atoms with Crippen LogP contribution in [0.3, 0.4) is 0 Å². The molecular formula is C13H28N2O. The Morgan fingerprint density at radius 1 is 1.44 bits per heavy atom. The number of piperazine rings is 1. The van der Waals surface area contributed by atoms with E-state index in [2.05, 4.69) is 37.9 Å². The largest absolute Gasteiger partial charge is 0.380 e. The van der Waals surface area contributed by atoms with Crippen molar-refractivity contribution in [3.63, 3.8) is 0 Å². The van der Waals surface area contributed by atoms with Gasteiger partial charge in [-0.05, 0) is 27.2 Å². The van der Waals surface area contributed by atoms with Gasteiger partial charge in [0.15, 0.2) is 0 Å². The van der Waals surface area contributed by atoms with Gasteiger partial charge in [-0.25, -0.2) is 0 Å². The summed E-state index contributed by atoms with van der Waals surface area (Å²) in [5.41, 5.74) is 0. The summed E-state index contributed by atoms with van der Waals surface area (Å²) in [5.74, 6) is 0. The number of hydrogen-bond acceptors (Lipinski definition) is 3. The van der Waals surface area contributed by atoms with Crippen molar-refractivity contribution in [2.45, 2.75) is 58.7 Å². The molecule has 0 bridgehead atoms. The zero-order valence-corrected chi connectivity index (χ0v) is 11.3. The van der Waals surface area contributed by atoms with Crippen molar-refractivity contribution in [3.05, 3.63) is 0 Å². The Balaban J connectivity index is 2.41. The number of ether oxygens (including phenoxy) is 1. The summed E-state index contributed by atoms with van der Waals surface area (Å²) in [7, 11) is 0. The molecular weight excluding hydrogens is 200 g/mol. The molecule has 1 N–H and O–H groups in total. The molecule has 3 nitrogen and oxygen atoms in total. The molecule has 0 aliphatic carbocycles. The van der Waals surface area contributed by atoms with Gasteiger partial charge in [-0.15, -0.1) is 0 Å². The van der Waals surface area contributed by atoms with Crippen LogP contribution in [0.5, 0.6) is 0 Å². The van der Waals surface area contributed by atoms with Crippen LogP contribution in [0.2, 0.25) is 0 Å². The average molecular weight is 228 g/mol. The first kappa shape index (κ1) is 13.9. The van der Waals surface area contributed by atoms with Gasteiger partial charge in [0.2, 0.25) is 0 Å². The van der Waals surface area contributed by atoms with Gasteiger partial charge in [0.05, 0.1) is 6.61 Å². The maximum Gasteiger partial charge on any atom is 0.0619 e. The van der Waals surface area contributed by atoms with E-state index in [-0.39, 0.29) is 0 Å². The van der Waals surface area contributed by atoms with Gasteiger partial charge in [-0.3, -0.25) is 4.90 Å². The van der Waals surface area contributed by atoms with Gasteiger partial charge < -0.3 is 10.1 Å². The fraction of sp³-hybridized carbons (Fsp3) is 1.00. The Hall–Kier alpha value is -0.120. The lowest BCUT2D eigenvalue weighted by atomic mass is 10.0. The normalized spacial score (nSPS) is 29.2. The predicted octanol–water partition coefficient (Wildman–Crippen LogP) is 1.87. The van der Waals surface area contributed by atoms with Crippen molar-refractivity contribution < 1.29 is 4.74 Å². The minimum atomic E-state index is 0.538. The van der Waals surface area contributed by atoms with Gasteiger partial charge in [0, 0.05) is 37.8 Å². The predicted molar refractivity (Wildman–Crippen MR) is 68.8 cm³/mol. The molecule has 0 saturated carbocycles. The topological polar surface area (TPSA) is 24.5 Å². The highest BCUT2D eigenvalue weighted by Crippen LogP contribution is 2.14. The van der Waals surface area contributed by atoms with Crippen LogP contribution >= 0.6 is 0 Å². The summed E-state index contributed by atoms with van der Waals surface area (Å²) in [4.78, 5) is 2.59. The van der Waals surface area contributed by atoms with E-state index in [4.69, 9.17) is 4.74 Å². The van der Waals surface area contributed by atoms with Crippen molar-refractivity contribution in [1.29, 1.82) is 0 Å². The summed E-state index contributed by atoms with van der Waals surface area (Å²) < 4.78 is 5.53. The molecule has 0 aromatic rings. The van der Waals surface area contributed by atoms with E-state index in [0.717, 1.165) is 19.8 Å². The van der Waals surface area contributed by atoms with E-state index in [9.17, 15) is 0 Å². The van der Waals surface area contributed by atoms with E-state index in [1.807, 2.05) is 0 Å². The second kappa shape index (κ2) is 7.25. The van der Waals surface area contributed by atoms with Gasteiger partial charge in [-0.2, -0.15) is 0 Å². The minimum Gasteiger partial charge on any atom is -0.380 e. The third kappa shape index (κ3) is 4.04. The van der Waals surface area contributed by atoms with Crippen LogP contribution in [-0.2, 0) is 4.74 Å². The molecule has 1 aliphatic heterocycles. The molecule has 0 aromatic carbocycles. The monoisotopic (exact) mass is 228 g/mol. The first-order valence-electron chi connectivity index (χ1n) is 6.75. The summed E-state index contributed by atoms with van der Waals surface area (Å²) >= 11 is 0. The molecule has 3 unspecified atom stereocenters. The Labute approximate surface area is 101 Å². The molecule has 1 saturated heterocycles. The molecule has 0 spiro atoms. The van der Waals surface area contributed by atoms with Gasteiger partial charge in [0.25, 0.3) is 0 Å². The fourth-order valence-corrected chi connectivity index (χ4v) is 2.49. The second-order valence-electron chi connectivity index (χ2n) is 4.95. The number of rotatable bonds is 6. The summed E-state index contributed by atoms with van der Waals surface area (Å²) in [6, 6.07) is 1.84. The van der Waals surface area contributed by atoms with E-state index in [1.54, 1.807) is 0 Å². The maximum absolute atomic E-state index is 5.53. The van der Waals surface area contributed by atoms with E-state index in [1.165, 1.54) is 19.4 Å². The summed E-state index contributed by atoms with van der Waals surface area (Å²) in [6.07, 6.45) is 2.55. The zero-order chi connectivity index (χ0) is 12.0. The van der Waals surface area contributed by atoms with Crippen LogP contribution < -0.4 is 5.32 Å². The number of hydrogen-bond donors (Lipinski definition) is 1. The highest BCUT2D eigenvalue weighted by atomic mass is 16.5. The smallest absolute Gasteiger partial charge is 0.0619 e. The molecule has 1 aliphatic rings. The van der Waals surface area contributed by atoms with Crippen LogP contribution in [0.4, 0.5) is 0 Å². The van der Waals surface area contributed by atoms with Crippen molar-refractivity contribution in [3.8, 4) is 0 Å². The summed E-state index contributed by atoms with van der Waals surface area (Å²) in [6.45, 7) is 12.9. The highest BCUT2D eigenvalue weighted by Gasteiger charge is 2.27. The van der Waals surface area contributed by atoms with E-state index in [0.29, 0.717) is 18.1 Å². The molecule has 3 heteroatoms. The molecule has 3 atom stereocenters. The van der Waals surface area contributed by atoms with Crippen LogP contribution in [0.1, 0.15) is 40.5 Å². The van der Waals surface area contributed by atoms with Gasteiger partial charge >= 0.3 is 0 Å². The van der Waals surface area contributed by atoms with Crippen LogP contribution in [0.25, 0.3) is 0 Å². The zero-order valence-electron chi connectivity index (χ0n) is 11.3. The van der Waals surface area contributed by atoms with Gasteiger partial charge in [-0.1, -0.05) is 13.3 Å².